The zero-order valence-electron chi connectivity index (χ0n) is 21.9. The number of para-hydroxylation sites is 1. The number of rotatable bonds is 10. The van der Waals surface area contributed by atoms with E-state index in [-0.39, 0.29) is 11.5 Å². The maximum atomic E-state index is 13.8. The van der Waals surface area contributed by atoms with Gasteiger partial charge in [0.1, 0.15) is 18.7 Å². The van der Waals surface area contributed by atoms with Crippen LogP contribution in [0.5, 0.6) is 5.75 Å². The van der Waals surface area contributed by atoms with Gasteiger partial charge in [0.25, 0.3) is 0 Å². The normalized spacial score (nSPS) is 12.6. The van der Waals surface area contributed by atoms with E-state index in [9.17, 15) is 41.5 Å². The summed E-state index contributed by atoms with van der Waals surface area (Å²) in [5.41, 5.74) is 0.730. The molecule has 4 N–H and O–H groups in total. The number of benzene rings is 2. The largest absolute Gasteiger partial charge is 0.481 e. The Bertz CT molecular complexity index is 1300. The molecule has 14 heteroatoms. The topological polar surface area (TPSA) is 151 Å². The van der Waals surface area contributed by atoms with Crippen molar-refractivity contribution >= 4 is 35.2 Å². The first-order valence-corrected chi connectivity index (χ1v) is 11.7. The van der Waals surface area contributed by atoms with E-state index in [1.165, 1.54) is 0 Å². The van der Waals surface area contributed by atoms with Crippen molar-refractivity contribution < 1.29 is 51.4 Å². The van der Waals surface area contributed by atoms with Gasteiger partial charge in [-0.25, -0.2) is 8.78 Å². The average molecular weight is 570 g/mol. The molecule has 3 amide bonds. The Balaban J connectivity index is 2.06. The van der Waals surface area contributed by atoms with Crippen LogP contribution < -0.4 is 20.7 Å². The molecule has 0 fully saturated rings. The van der Waals surface area contributed by atoms with Crippen LogP contribution in [-0.2, 0) is 29.4 Å². The van der Waals surface area contributed by atoms with Crippen molar-refractivity contribution in [1.82, 2.24) is 10.6 Å². The first kappa shape index (κ1) is 31.7. The summed E-state index contributed by atoms with van der Waals surface area (Å²) in [4.78, 5) is 61.0. The van der Waals surface area contributed by atoms with Crippen LogP contribution in [0, 0.1) is 23.3 Å². The molecule has 40 heavy (non-hydrogen) atoms. The molecule has 0 radical (unpaired) electrons. The van der Waals surface area contributed by atoms with Gasteiger partial charge in [-0.1, -0.05) is 39.0 Å². The van der Waals surface area contributed by atoms with E-state index in [0.717, 1.165) is 12.5 Å². The van der Waals surface area contributed by atoms with Crippen LogP contribution in [0.1, 0.15) is 39.7 Å². The van der Waals surface area contributed by atoms with Crippen molar-refractivity contribution in [3.05, 3.63) is 59.2 Å². The molecule has 2 rings (SSSR count). The fourth-order valence-corrected chi connectivity index (χ4v) is 3.39. The van der Waals surface area contributed by atoms with Crippen LogP contribution in [0.25, 0.3) is 0 Å². The summed E-state index contributed by atoms with van der Waals surface area (Å²) in [5.74, 6) is -15.2. The van der Waals surface area contributed by atoms with Gasteiger partial charge in [-0.05, 0) is 24.0 Å². The number of ketones is 1. The first-order valence-electron chi connectivity index (χ1n) is 11.7. The number of hydrogen-bond donors (Lipinski definition) is 4. The number of Topliss-reactive ketones (excluding diaryl/α,β-unsaturated/α-hetero) is 1. The van der Waals surface area contributed by atoms with Crippen molar-refractivity contribution in [2.75, 3.05) is 11.9 Å². The van der Waals surface area contributed by atoms with Gasteiger partial charge >= 0.3 is 17.8 Å². The molecule has 0 aliphatic heterocycles. The number of amides is 3. The van der Waals surface area contributed by atoms with Crippen LogP contribution in [0.3, 0.4) is 0 Å². The van der Waals surface area contributed by atoms with E-state index in [1.807, 2.05) is 26.1 Å². The average Bonchev–Trinajstić information content (AvgIpc) is 2.86. The van der Waals surface area contributed by atoms with E-state index in [1.54, 1.807) is 24.3 Å². The molecule has 216 valence electrons. The van der Waals surface area contributed by atoms with Crippen LogP contribution in [0.15, 0.2) is 30.3 Å². The zero-order valence-corrected chi connectivity index (χ0v) is 21.9. The Morgan fingerprint density at radius 1 is 0.925 bits per heavy atom. The van der Waals surface area contributed by atoms with Crippen molar-refractivity contribution in [2.24, 2.45) is 0 Å². The lowest BCUT2D eigenvalue weighted by Gasteiger charge is -2.23. The molecule has 0 aliphatic rings. The summed E-state index contributed by atoms with van der Waals surface area (Å²) in [7, 11) is 0. The van der Waals surface area contributed by atoms with Gasteiger partial charge < -0.3 is 25.8 Å². The highest BCUT2D eigenvalue weighted by Crippen LogP contribution is 2.29. The summed E-state index contributed by atoms with van der Waals surface area (Å²) in [6.45, 7) is 5.56. The van der Waals surface area contributed by atoms with Gasteiger partial charge in [0.05, 0.1) is 6.42 Å². The van der Waals surface area contributed by atoms with E-state index in [0.29, 0.717) is 5.69 Å². The Labute approximate surface area is 226 Å². The molecule has 0 saturated heterocycles. The number of carboxylic acids is 1. The zero-order chi connectivity index (χ0) is 30.4. The number of carbonyl (C=O) groups is 5. The first-order chi connectivity index (χ1) is 18.5. The standard InChI is InChI=1S/C26H27F4N3O7/c1-12(31-24(38)25(39)32-16-8-6-5-7-13(16)26(2,3)4)23(37)33-17(10-19(35)36)18(34)11-40-22-20(29)14(27)9-15(28)21(22)30/h5-9,12,17H,10-11H2,1-4H3,(H,31,38)(H,32,39)(H,33,37)(H,35,36). The lowest BCUT2D eigenvalue weighted by atomic mass is 9.86. The van der Waals surface area contributed by atoms with Gasteiger partial charge in [0, 0.05) is 11.8 Å². The van der Waals surface area contributed by atoms with E-state index >= 15 is 0 Å². The summed E-state index contributed by atoms with van der Waals surface area (Å²) in [5, 5.41) is 15.7. The van der Waals surface area contributed by atoms with Gasteiger partial charge in [-0.3, -0.25) is 24.0 Å². The molecule has 0 spiro atoms. The maximum Gasteiger partial charge on any atom is 0.313 e. The molecule has 2 unspecified atom stereocenters. The smallest absolute Gasteiger partial charge is 0.313 e. The number of halogens is 4. The van der Waals surface area contributed by atoms with Gasteiger partial charge in [-0.15, -0.1) is 0 Å². The summed E-state index contributed by atoms with van der Waals surface area (Å²) < 4.78 is 58.8. The van der Waals surface area contributed by atoms with Crippen LogP contribution in [0.2, 0.25) is 0 Å². The molecule has 10 nitrogen and oxygen atoms in total. The monoisotopic (exact) mass is 569 g/mol. The number of ether oxygens (including phenoxy) is 1. The second kappa shape index (κ2) is 13.0. The SMILES string of the molecule is CC(NC(=O)C(=O)Nc1ccccc1C(C)(C)C)C(=O)NC(CC(=O)O)C(=O)COc1c(F)c(F)cc(F)c1F. The predicted octanol–water partition coefficient (Wildman–Crippen LogP) is 2.59. The Morgan fingerprint density at radius 2 is 1.50 bits per heavy atom. The number of carbonyl (C=O) groups excluding carboxylic acids is 4. The Kier molecular flexibility index (Phi) is 10.3. The fourth-order valence-electron chi connectivity index (χ4n) is 3.39. The minimum absolute atomic E-state index is 0.0773. The summed E-state index contributed by atoms with van der Waals surface area (Å²) >= 11 is 0. The highest BCUT2D eigenvalue weighted by molar-refractivity contribution is 6.40. The molecular formula is C26H27F4N3O7. The molecule has 0 aliphatic carbocycles. The molecule has 2 atom stereocenters. The molecule has 0 aromatic heterocycles. The van der Waals surface area contributed by atoms with Crippen LogP contribution in [-0.4, -0.2) is 53.3 Å². The Morgan fingerprint density at radius 3 is 2.05 bits per heavy atom. The molecule has 0 heterocycles. The number of hydrogen-bond acceptors (Lipinski definition) is 6. The third-order valence-electron chi connectivity index (χ3n) is 5.44. The number of nitrogens with one attached hydrogen (secondary N) is 3. The molecule has 2 aromatic carbocycles. The lowest BCUT2D eigenvalue weighted by Crippen LogP contribution is -2.53. The molecule has 0 bridgehead atoms. The summed E-state index contributed by atoms with van der Waals surface area (Å²) in [6, 6.07) is 3.39. The number of carboxylic acid groups (broad SMARTS) is 1. The highest BCUT2D eigenvalue weighted by atomic mass is 19.2. The minimum Gasteiger partial charge on any atom is -0.481 e. The second-order valence-corrected chi connectivity index (χ2v) is 9.66. The van der Waals surface area contributed by atoms with Crippen molar-refractivity contribution in [1.29, 1.82) is 0 Å². The molecule has 0 saturated carbocycles. The van der Waals surface area contributed by atoms with Gasteiger partial charge in [0.15, 0.2) is 23.2 Å². The Hall–Kier alpha value is -4.49. The van der Waals surface area contributed by atoms with E-state index in [4.69, 9.17) is 5.11 Å². The second-order valence-electron chi connectivity index (χ2n) is 9.66. The third kappa shape index (κ3) is 8.25. The maximum absolute atomic E-state index is 13.8. The molecule has 2 aromatic rings. The predicted molar refractivity (Wildman–Crippen MR) is 132 cm³/mol. The van der Waals surface area contributed by atoms with E-state index in [2.05, 4.69) is 15.4 Å². The van der Waals surface area contributed by atoms with Gasteiger partial charge in [0.2, 0.25) is 17.5 Å². The van der Waals surface area contributed by atoms with Crippen LogP contribution in [0.4, 0.5) is 23.2 Å². The minimum atomic E-state index is -1.93. The number of anilines is 1. The van der Waals surface area contributed by atoms with Crippen molar-refractivity contribution in [3.63, 3.8) is 0 Å². The third-order valence-corrected chi connectivity index (χ3v) is 5.44. The van der Waals surface area contributed by atoms with Gasteiger partial charge in [-0.2, -0.15) is 8.78 Å². The van der Waals surface area contributed by atoms with Crippen molar-refractivity contribution in [2.45, 2.75) is 51.6 Å². The quantitative estimate of drug-likeness (QED) is 0.195. The molecular weight excluding hydrogens is 542 g/mol. The van der Waals surface area contributed by atoms with Crippen molar-refractivity contribution in [3.8, 4) is 5.75 Å². The lowest BCUT2D eigenvalue weighted by molar-refractivity contribution is -0.141. The highest BCUT2D eigenvalue weighted by Gasteiger charge is 2.29. The van der Waals surface area contributed by atoms with Crippen LogP contribution >= 0.6 is 0 Å². The van der Waals surface area contributed by atoms with E-state index < -0.39 is 83.6 Å². The fraction of sp³-hybridized carbons (Fsp3) is 0.346. The number of aliphatic carboxylic acids is 1. The summed E-state index contributed by atoms with van der Waals surface area (Å²) in [6.07, 6.45) is -1.01.